The first-order chi connectivity index (χ1) is 13.9. The van der Waals surface area contributed by atoms with E-state index in [0.29, 0.717) is 6.07 Å². The van der Waals surface area contributed by atoms with Gasteiger partial charge in [0.05, 0.1) is 10.6 Å². The van der Waals surface area contributed by atoms with Crippen LogP contribution in [-0.4, -0.2) is 59.9 Å². The van der Waals surface area contributed by atoms with E-state index < -0.39 is 26.6 Å². The molecule has 1 amide bonds. The molecule has 1 aliphatic rings. The van der Waals surface area contributed by atoms with Gasteiger partial charge in [0.1, 0.15) is 16.5 Å². The molecule has 1 saturated heterocycles. The number of benzene rings is 1. The molecule has 3 aromatic rings. The van der Waals surface area contributed by atoms with Crippen molar-refractivity contribution in [2.45, 2.75) is 4.90 Å². The van der Waals surface area contributed by atoms with Crippen LogP contribution in [0.15, 0.2) is 46.7 Å². The van der Waals surface area contributed by atoms with Gasteiger partial charge in [0, 0.05) is 26.2 Å². The van der Waals surface area contributed by atoms with Crippen LogP contribution in [-0.2, 0) is 10.0 Å². The highest BCUT2D eigenvalue weighted by molar-refractivity contribution is 7.89. The summed E-state index contributed by atoms with van der Waals surface area (Å²) in [5, 5.41) is 8.79. The fourth-order valence-corrected chi connectivity index (χ4v) is 5.29. The van der Waals surface area contributed by atoms with Gasteiger partial charge in [0.25, 0.3) is 5.91 Å². The standard InChI is InChI=1S/C18H16F2N4O3S2/c19-12-3-4-13(20)17(10-12)29(26,27)24-7-5-23(6-8-24)18(25)15-11-14(21-22-15)16-2-1-9-28-16/h1-4,9-11H,5-8H2,(H,21,22). The van der Waals surface area contributed by atoms with E-state index in [1.807, 2.05) is 17.5 Å². The monoisotopic (exact) mass is 438 g/mol. The Morgan fingerprint density at radius 1 is 1.10 bits per heavy atom. The van der Waals surface area contributed by atoms with Gasteiger partial charge < -0.3 is 4.90 Å². The van der Waals surface area contributed by atoms with E-state index in [1.54, 1.807) is 6.07 Å². The molecule has 1 fully saturated rings. The first-order valence-corrected chi connectivity index (χ1v) is 11.0. The number of aromatic amines is 1. The Balaban J connectivity index is 1.45. The highest BCUT2D eigenvalue weighted by atomic mass is 32.2. The van der Waals surface area contributed by atoms with Gasteiger partial charge in [-0.15, -0.1) is 11.3 Å². The number of piperazine rings is 1. The molecular weight excluding hydrogens is 422 g/mol. The number of nitrogens with zero attached hydrogens (tertiary/aromatic N) is 3. The minimum Gasteiger partial charge on any atom is -0.335 e. The first kappa shape index (κ1) is 19.7. The zero-order valence-electron chi connectivity index (χ0n) is 15.0. The van der Waals surface area contributed by atoms with Crippen molar-refractivity contribution >= 4 is 27.3 Å². The Bertz CT molecular complexity index is 1140. The van der Waals surface area contributed by atoms with Crippen molar-refractivity contribution in [1.82, 2.24) is 19.4 Å². The molecule has 3 heterocycles. The van der Waals surface area contributed by atoms with Gasteiger partial charge in [0.2, 0.25) is 10.0 Å². The van der Waals surface area contributed by atoms with E-state index in [2.05, 4.69) is 10.2 Å². The average molecular weight is 438 g/mol. The molecule has 0 bridgehead atoms. The summed E-state index contributed by atoms with van der Waals surface area (Å²) in [7, 11) is -4.19. The van der Waals surface area contributed by atoms with Gasteiger partial charge in [-0.25, -0.2) is 17.2 Å². The number of halogens is 2. The number of carbonyl (C=O) groups is 1. The molecule has 2 aromatic heterocycles. The Kier molecular flexibility index (Phi) is 5.19. The minimum absolute atomic E-state index is 0.0216. The third kappa shape index (κ3) is 3.80. The molecule has 152 valence electrons. The van der Waals surface area contributed by atoms with Crippen molar-refractivity contribution in [3.63, 3.8) is 0 Å². The predicted molar refractivity (Wildman–Crippen MR) is 103 cm³/mol. The summed E-state index contributed by atoms with van der Waals surface area (Å²) in [6, 6.07) is 7.76. The van der Waals surface area contributed by atoms with Gasteiger partial charge in [-0.1, -0.05) is 6.07 Å². The molecule has 4 rings (SSSR count). The maximum atomic E-state index is 13.9. The van der Waals surface area contributed by atoms with Crippen LogP contribution in [0, 0.1) is 11.6 Å². The Labute approximate surface area is 169 Å². The van der Waals surface area contributed by atoms with Crippen molar-refractivity contribution in [1.29, 1.82) is 0 Å². The number of carbonyl (C=O) groups excluding carboxylic acids is 1. The molecule has 7 nitrogen and oxygen atoms in total. The number of sulfonamides is 1. The summed E-state index contributed by atoms with van der Waals surface area (Å²) >= 11 is 1.51. The van der Waals surface area contributed by atoms with Crippen LogP contribution in [0.25, 0.3) is 10.6 Å². The molecule has 11 heteroatoms. The number of aromatic nitrogens is 2. The van der Waals surface area contributed by atoms with E-state index in [0.717, 1.165) is 27.0 Å². The second-order valence-corrected chi connectivity index (χ2v) is 9.27. The molecule has 0 atom stereocenters. The number of rotatable bonds is 4. The second-order valence-electron chi connectivity index (χ2n) is 6.42. The third-order valence-electron chi connectivity index (χ3n) is 4.62. The molecule has 0 saturated carbocycles. The van der Waals surface area contributed by atoms with Gasteiger partial charge in [0.15, 0.2) is 5.69 Å². The van der Waals surface area contributed by atoms with Crippen LogP contribution < -0.4 is 0 Å². The molecular formula is C18H16F2N4O3S2. The maximum Gasteiger partial charge on any atom is 0.274 e. The fraction of sp³-hybridized carbons (Fsp3) is 0.222. The van der Waals surface area contributed by atoms with Crippen LogP contribution in [0.2, 0.25) is 0 Å². The van der Waals surface area contributed by atoms with Crippen molar-refractivity contribution < 1.29 is 22.0 Å². The van der Waals surface area contributed by atoms with Crippen molar-refractivity contribution in [3.8, 4) is 10.6 Å². The quantitative estimate of drug-likeness (QED) is 0.678. The molecule has 0 aliphatic carbocycles. The Morgan fingerprint density at radius 3 is 2.55 bits per heavy atom. The normalized spacial score (nSPS) is 15.6. The number of amides is 1. The molecule has 0 radical (unpaired) electrons. The number of hydrogen-bond acceptors (Lipinski definition) is 5. The first-order valence-electron chi connectivity index (χ1n) is 8.70. The molecule has 1 aromatic carbocycles. The summed E-state index contributed by atoms with van der Waals surface area (Å²) in [5.41, 5.74) is 0.965. The average Bonchev–Trinajstić information content (AvgIpc) is 3.41. The molecule has 1 aliphatic heterocycles. The summed E-state index contributed by atoms with van der Waals surface area (Å²) in [4.78, 5) is 14.4. The smallest absolute Gasteiger partial charge is 0.274 e. The number of thiophene rings is 1. The van der Waals surface area contributed by atoms with E-state index in [4.69, 9.17) is 0 Å². The predicted octanol–water partition coefficient (Wildman–Crippen LogP) is 2.56. The van der Waals surface area contributed by atoms with Gasteiger partial charge in [-0.2, -0.15) is 9.40 Å². The van der Waals surface area contributed by atoms with Crippen LogP contribution >= 0.6 is 11.3 Å². The van der Waals surface area contributed by atoms with Gasteiger partial charge >= 0.3 is 0 Å². The summed E-state index contributed by atoms with van der Waals surface area (Å²) in [6.07, 6.45) is 0. The maximum absolute atomic E-state index is 13.9. The van der Waals surface area contributed by atoms with Crippen LogP contribution in [0.1, 0.15) is 10.5 Å². The highest BCUT2D eigenvalue weighted by Gasteiger charge is 2.33. The molecule has 1 N–H and O–H groups in total. The lowest BCUT2D eigenvalue weighted by Crippen LogP contribution is -2.50. The largest absolute Gasteiger partial charge is 0.335 e. The van der Waals surface area contributed by atoms with Crippen molar-refractivity contribution in [2.75, 3.05) is 26.2 Å². The van der Waals surface area contributed by atoms with Crippen molar-refractivity contribution in [2.24, 2.45) is 0 Å². The van der Waals surface area contributed by atoms with E-state index >= 15 is 0 Å². The lowest BCUT2D eigenvalue weighted by Gasteiger charge is -2.33. The summed E-state index contributed by atoms with van der Waals surface area (Å²) in [5.74, 6) is -2.17. The fourth-order valence-electron chi connectivity index (χ4n) is 3.10. The zero-order chi connectivity index (χ0) is 20.6. The number of nitrogens with one attached hydrogen (secondary N) is 1. The van der Waals surface area contributed by atoms with Crippen LogP contribution in [0.3, 0.4) is 0 Å². The van der Waals surface area contributed by atoms with E-state index in [9.17, 15) is 22.0 Å². The summed E-state index contributed by atoms with van der Waals surface area (Å²) in [6.45, 7) is 0.199. The minimum atomic E-state index is -4.19. The van der Waals surface area contributed by atoms with E-state index in [1.165, 1.54) is 16.2 Å². The lowest BCUT2D eigenvalue weighted by molar-refractivity contribution is 0.0691. The molecule has 29 heavy (non-hydrogen) atoms. The Morgan fingerprint density at radius 2 is 1.86 bits per heavy atom. The molecule has 0 spiro atoms. The zero-order valence-corrected chi connectivity index (χ0v) is 16.6. The van der Waals surface area contributed by atoms with Crippen LogP contribution in [0.5, 0.6) is 0 Å². The highest BCUT2D eigenvalue weighted by Crippen LogP contribution is 2.24. The lowest BCUT2D eigenvalue weighted by atomic mass is 10.2. The SMILES string of the molecule is O=C(c1cc(-c2cccs2)[nH]n1)N1CCN(S(=O)(=O)c2cc(F)ccc2F)CC1. The number of H-pyrrole nitrogens is 1. The van der Waals surface area contributed by atoms with Crippen molar-refractivity contribution in [3.05, 3.63) is 59.1 Å². The van der Waals surface area contributed by atoms with E-state index in [-0.39, 0.29) is 37.8 Å². The second kappa shape index (κ2) is 7.65. The summed E-state index contributed by atoms with van der Waals surface area (Å²) < 4.78 is 53.6. The van der Waals surface area contributed by atoms with Crippen LogP contribution in [0.4, 0.5) is 8.78 Å². The Hall–Kier alpha value is -2.63. The number of hydrogen-bond donors (Lipinski definition) is 1. The molecule has 0 unspecified atom stereocenters. The topological polar surface area (TPSA) is 86.4 Å². The third-order valence-corrected chi connectivity index (χ3v) is 7.44. The van der Waals surface area contributed by atoms with Gasteiger partial charge in [-0.3, -0.25) is 9.89 Å². The van der Waals surface area contributed by atoms with Gasteiger partial charge in [-0.05, 0) is 35.7 Å².